The van der Waals surface area contributed by atoms with Crippen molar-refractivity contribution in [3.05, 3.63) is 0 Å². The van der Waals surface area contributed by atoms with Crippen molar-refractivity contribution in [2.45, 2.75) is 57.2 Å². The Balaban J connectivity index is 4.36. The molecule has 3 N–H and O–H groups in total. The van der Waals surface area contributed by atoms with Crippen molar-refractivity contribution in [3.63, 3.8) is 0 Å². The Morgan fingerprint density at radius 3 is 2.47 bits per heavy atom. The number of unbranched alkanes of at least 4 members (excludes halogenated alkanes) is 2. The van der Waals surface area contributed by atoms with Crippen LogP contribution in [0.5, 0.6) is 0 Å². The number of carboxylic acid groups (broad SMARTS) is 1. The van der Waals surface area contributed by atoms with Crippen LogP contribution in [0.1, 0.15) is 46.5 Å². The van der Waals surface area contributed by atoms with Gasteiger partial charge in [0.15, 0.2) is 0 Å². The van der Waals surface area contributed by atoms with Crippen LogP contribution in [0.25, 0.3) is 0 Å². The Labute approximate surface area is 96.8 Å². The fraction of sp³-hybridized carbons (Fsp3) is 0.909. The molecular formula is C11H23NO2S. The summed E-state index contributed by atoms with van der Waals surface area (Å²) in [6, 6.07) is -0.765. The zero-order valence-electron chi connectivity index (χ0n) is 9.95. The first-order valence-electron chi connectivity index (χ1n) is 5.60. The van der Waals surface area contributed by atoms with Gasteiger partial charge in [0.05, 0.1) is 0 Å². The van der Waals surface area contributed by atoms with Crippen LogP contribution in [-0.4, -0.2) is 27.6 Å². The fourth-order valence-corrected chi connectivity index (χ4v) is 2.86. The second-order valence-electron chi connectivity index (χ2n) is 4.02. The maximum absolute atomic E-state index is 10.9. The molecule has 2 unspecified atom stereocenters. The first-order chi connectivity index (χ1) is 6.98. The zero-order chi connectivity index (χ0) is 11.9. The van der Waals surface area contributed by atoms with Gasteiger partial charge in [0.25, 0.3) is 0 Å². The number of thioether (sulfide) groups is 1. The molecule has 0 aromatic carbocycles. The number of rotatable bonds is 8. The first-order valence-corrected chi connectivity index (χ1v) is 6.58. The van der Waals surface area contributed by atoms with Crippen LogP contribution in [0.2, 0.25) is 0 Å². The van der Waals surface area contributed by atoms with Crippen molar-refractivity contribution in [1.82, 2.24) is 0 Å². The molecule has 0 saturated heterocycles. The van der Waals surface area contributed by atoms with Gasteiger partial charge in [0.2, 0.25) is 0 Å². The molecule has 0 aromatic heterocycles. The van der Waals surface area contributed by atoms with Gasteiger partial charge in [-0.15, -0.1) is 0 Å². The topological polar surface area (TPSA) is 63.3 Å². The lowest BCUT2D eigenvalue weighted by Crippen LogP contribution is -2.48. The lowest BCUT2D eigenvalue weighted by Gasteiger charge is -2.32. The van der Waals surface area contributed by atoms with Gasteiger partial charge >= 0.3 is 5.97 Å². The molecule has 0 fully saturated rings. The van der Waals surface area contributed by atoms with Crippen LogP contribution < -0.4 is 5.73 Å². The number of nitrogens with two attached hydrogens (primary N) is 1. The smallest absolute Gasteiger partial charge is 0.321 e. The Morgan fingerprint density at radius 2 is 2.07 bits per heavy atom. The van der Waals surface area contributed by atoms with Gasteiger partial charge in [-0.05, 0) is 19.1 Å². The van der Waals surface area contributed by atoms with Crippen LogP contribution in [0.15, 0.2) is 0 Å². The number of carbonyl (C=O) groups is 1. The Morgan fingerprint density at radius 1 is 1.47 bits per heavy atom. The summed E-state index contributed by atoms with van der Waals surface area (Å²) in [7, 11) is 0. The van der Waals surface area contributed by atoms with Crippen LogP contribution in [-0.2, 0) is 4.79 Å². The second kappa shape index (κ2) is 7.12. The average molecular weight is 233 g/mol. The minimum absolute atomic E-state index is 0.324. The van der Waals surface area contributed by atoms with Gasteiger partial charge in [-0.25, -0.2) is 0 Å². The summed E-state index contributed by atoms with van der Waals surface area (Å²) in [4.78, 5) is 10.9. The van der Waals surface area contributed by atoms with Crippen molar-refractivity contribution in [1.29, 1.82) is 0 Å². The SMILES string of the molecule is CCCCCC(C)(SCC)C(N)C(=O)O. The molecular weight excluding hydrogens is 210 g/mol. The number of hydrogen-bond donors (Lipinski definition) is 2. The van der Waals surface area contributed by atoms with E-state index in [0.29, 0.717) is 0 Å². The molecule has 15 heavy (non-hydrogen) atoms. The minimum Gasteiger partial charge on any atom is -0.480 e. The first kappa shape index (κ1) is 14.8. The van der Waals surface area contributed by atoms with Crippen LogP contribution >= 0.6 is 11.8 Å². The summed E-state index contributed by atoms with van der Waals surface area (Å²) in [5.74, 6) is 0.0128. The normalized spacial score (nSPS) is 17.1. The third kappa shape index (κ3) is 4.89. The lowest BCUT2D eigenvalue weighted by atomic mass is 9.95. The lowest BCUT2D eigenvalue weighted by molar-refractivity contribution is -0.139. The van der Waals surface area contributed by atoms with Crippen LogP contribution in [0, 0.1) is 0 Å². The summed E-state index contributed by atoms with van der Waals surface area (Å²) in [5, 5.41) is 8.96. The van der Waals surface area contributed by atoms with Crippen molar-refractivity contribution < 1.29 is 9.90 Å². The maximum Gasteiger partial charge on any atom is 0.321 e. The van der Waals surface area contributed by atoms with Crippen molar-refractivity contribution >= 4 is 17.7 Å². The standard InChI is InChI=1S/C11H23NO2S/c1-4-6-7-8-11(3,15-5-2)9(12)10(13)14/h9H,4-8,12H2,1-3H3,(H,13,14). The van der Waals surface area contributed by atoms with Crippen LogP contribution in [0.3, 0.4) is 0 Å². The van der Waals surface area contributed by atoms with E-state index >= 15 is 0 Å². The highest BCUT2D eigenvalue weighted by Crippen LogP contribution is 2.33. The van der Waals surface area contributed by atoms with E-state index in [4.69, 9.17) is 10.8 Å². The summed E-state index contributed by atoms with van der Waals surface area (Å²) in [5.41, 5.74) is 5.74. The molecule has 0 bridgehead atoms. The summed E-state index contributed by atoms with van der Waals surface area (Å²) < 4.78 is -0.324. The third-order valence-electron chi connectivity index (χ3n) is 2.67. The molecule has 3 nitrogen and oxygen atoms in total. The van der Waals surface area contributed by atoms with Crippen molar-refractivity contribution in [3.8, 4) is 0 Å². The molecule has 0 aromatic rings. The largest absolute Gasteiger partial charge is 0.480 e. The van der Waals surface area contributed by atoms with Gasteiger partial charge in [0.1, 0.15) is 6.04 Å². The average Bonchev–Trinajstić information content (AvgIpc) is 2.17. The van der Waals surface area contributed by atoms with E-state index in [0.717, 1.165) is 31.4 Å². The molecule has 0 rings (SSSR count). The molecule has 0 aliphatic carbocycles. The molecule has 0 radical (unpaired) electrons. The molecule has 90 valence electrons. The zero-order valence-corrected chi connectivity index (χ0v) is 10.8. The minimum atomic E-state index is -0.894. The highest BCUT2D eigenvalue weighted by atomic mass is 32.2. The monoisotopic (exact) mass is 233 g/mol. The van der Waals surface area contributed by atoms with Gasteiger partial charge < -0.3 is 10.8 Å². The molecule has 0 amide bonds. The second-order valence-corrected chi connectivity index (χ2v) is 5.82. The Bertz CT molecular complexity index is 199. The van der Waals surface area contributed by atoms with Crippen molar-refractivity contribution in [2.24, 2.45) is 5.73 Å². The molecule has 0 heterocycles. The van der Waals surface area contributed by atoms with Crippen LogP contribution in [0.4, 0.5) is 0 Å². The molecule has 0 saturated carbocycles. The quantitative estimate of drug-likeness (QED) is 0.632. The molecule has 0 aliphatic heterocycles. The summed E-state index contributed by atoms with van der Waals surface area (Å²) >= 11 is 1.66. The van der Waals surface area contributed by atoms with E-state index in [2.05, 4.69) is 6.92 Å². The molecule has 4 heteroatoms. The van der Waals surface area contributed by atoms with Crippen molar-refractivity contribution in [2.75, 3.05) is 5.75 Å². The van der Waals surface area contributed by atoms with E-state index in [1.807, 2.05) is 13.8 Å². The molecule has 2 atom stereocenters. The van der Waals surface area contributed by atoms with E-state index in [-0.39, 0.29) is 4.75 Å². The van der Waals surface area contributed by atoms with E-state index in [9.17, 15) is 4.79 Å². The van der Waals surface area contributed by atoms with E-state index in [1.54, 1.807) is 11.8 Å². The molecule has 0 aliphatic rings. The number of carboxylic acids is 1. The van der Waals surface area contributed by atoms with Gasteiger partial charge in [0, 0.05) is 4.75 Å². The van der Waals surface area contributed by atoms with E-state index in [1.165, 1.54) is 0 Å². The predicted octanol–water partition coefficient (Wildman–Crippen LogP) is 2.49. The van der Waals surface area contributed by atoms with E-state index < -0.39 is 12.0 Å². The summed E-state index contributed by atoms with van der Waals surface area (Å²) in [6.07, 6.45) is 4.23. The van der Waals surface area contributed by atoms with Gasteiger partial charge in [-0.3, -0.25) is 4.79 Å². The number of hydrogen-bond acceptors (Lipinski definition) is 3. The molecule has 0 spiro atoms. The Hall–Kier alpha value is -0.220. The Kier molecular flexibility index (Phi) is 7.02. The van der Waals surface area contributed by atoms with Gasteiger partial charge in [-0.2, -0.15) is 11.8 Å². The predicted molar refractivity (Wildman–Crippen MR) is 66.3 cm³/mol. The fourth-order valence-electron chi connectivity index (χ4n) is 1.63. The van der Waals surface area contributed by atoms with Gasteiger partial charge in [-0.1, -0.05) is 33.1 Å². The highest BCUT2D eigenvalue weighted by Gasteiger charge is 2.35. The summed E-state index contributed by atoms with van der Waals surface area (Å²) in [6.45, 7) is 6.15. The maximum atomic E-state index is 10.9. The highest BCUT2D eigenvalue weighted by molar-refractivity contribution is 8.00. The number of aliphatic carboxylic acids is 1. The third-order valence-corrected chi connectivity index (χ3v) is 4.08.